The molecule has 8 aromatic rings. The van der Waals surface area contributed by atoms with Crippen molar-refractivity contribution < 1.29 is 0 Å². The summed E-state index contributed by atoms with van der Waals surface area (Å²) in [5, 5.41) is 1.34. The summed E-state index contributed by atoms with van der Waals surface area (Å²) in [6, 6.07) is 54.6. The Hall–Kier alpha value is -5.84. The summed E-state index contributed by atoms with van der Waals surface area (Å²) < 4.78 is 2.77. The predicted molar refractivity (Wildman–Crippen MR) is 301 cm³/mol. The van der Waals surface area contributed by atoms with Gasteiger partial charge in [0.2, 0.25) is 0 Å². The number of nitrogens with zero attached hydrogens (tertiary/aromatic N) is 2. The Kier molecular flexibility index (Phi) is 9.70. The van der Waals surface area contributed by atoms with Crippen LogP contribution in [0.5, 0.6) is 0 Å². The second kappa shape index (κ2) is 15.1. The minimum absolute atomic E-state index is 0.00802. The molecule has 69 heavy (non-hydrogen) atoms. The van der Waals surface area contributed by atoms with Gasteiger partial charge in [0.1, 0.15) is 0 Å². The van der Waals surface area contributed by atoms with Crippen LogP contribution in [0.15, 0.2) is 140 Å². The molecule has 12 rings (SSSR count). The molecule has 0 radical (unpaired) electrons. The third kappa shape index (κ3) is 6.93. The second-order valence-corrected chi connectivity index (χ2v) is 25.9. The highest BCUT2D eigenvalue weighted by Gasteiger charge is 2.48. The number of benzene rings is 7. The molecule has 1 aromatic heterocycles. The van der Waals surface area contributed by atoms with Crippen LogP contribution in [0.25, 0.3) is 32.3 Å². The Labute approximate surface area is 416 Å². The van der Waals surface area contributed by atoms with Gasteiger partial charge in [0.25, 0.3) is 6.71 Å². The first-order valence-electron chi connectivity index (χ1n) is 25.6. The van der Waals surface area contributed by atoms with Gasteiger partial charge in [-0.25, -0.2) is 0 Å². The van der Waals surface area contributed by atoms with Crippen molar-refractivity contribution in [1.29, 1.82) is 0 Å². The Morgan fingerprint density at radius 3 is 1.59 bits per heavy atom. The van der Waals surface area contributed by atoms with Crippen molar-refractivity contribution >= 4 is 78.0 Å². The fraction of sp³-hybridized carbons (Fsp3) is 0.323. The molecule has 2 aliphatic heterocycles. The molecule has 0 saturated heterocycles. The highest BCUT2D eigenvalue weighted by atomic mass is 32.1. The van der Waals surface area contributed by atoms with Gasteiger partial charge in [-0.3, -0.25) is 0 Å². The summed E-state index contributed by atoms with van der Waals surface area (Å²) in [6.45, 7) is 29.2. The summed E-state index contributed by atoms with van der Waals surface area (Å²) >= 11 is 2.02. The molecule has 2 nitrogen and oxygen atoms in total. The molecule has 0 saturated carbocycles. The fourth-order valence-electron chi connectivity index (χ4n) is 12.7. The maximum atomic E-state index is 2.71. The lowest BCUT2D eigenvalue weighted by Gasteiger charge is -2.47. The van der Waals surface area contributed by atoms with E-state index in [0.717, 1.165) is 0 Å². The van der Waals surface area contributed by atoms with Crippen LogP contribution in [0.4, 0.5) is 34.1 Å². The average Bonchev–Trinajstić information content (AvgIpc) is 3.70. The van der Waals surface area contributed by atoms with Gasteiger partial charge in [-0.05, 0) is 187 Å². The van der Waals surface area contributed by atoms with Crippen LogP contribution in [-0.2, 0) is 27.1 Å². The van der Waals surface area contributed by atoms with Gasteiger partial charge in [-0.15, -0.1) is 11.3 Å². The minimum Gasteiger partial charge on any atom is -0.311 e. The SMILES string of the molecule is Cc1cc2c3c(c1)N(c1cc(-c4ccccc4)cc(-c4ccccc4)c1)c1c(sc4ccc(C(C)(C)C)cc14)B3c1cc3c(cc1N2c1ccc2c(c1)C(C)(C)CCC2(C)C)C(C)(C)CCC3(C)C. The fourth-order valence-corrected chi connectivity index (χ4v) is 14.0. The monoisotopic (exact) mass is 919 g/mol. The van der Waals surface area contributed by atoms with Crippen LogP contribution in [0, 0.1) is 6.92 Å². The zero-order chi connectivity index (χ0) is 48.2. The quantitative estimate of drug-likeness (QED) is 0.162. The minimum atomic E-state index is -0.00802. The molecule has 0 spiro atoms. The van der Waals surface area contributed by atoms with Gasteiger partial charge in [-0.2, -0.15) is 0 Å². The Morgan fingerprint density at radius 1 is 0.478 bits per heavy atom. The van der Waals surface area contributed by atoms with Crippen LogP contribution in [0.2, 0.25) is 0 Å². The number of thiophene rings is 1. The van der Waals surface area contributed by atoms with Gasteiger partial charge in [0, 0.05) is 43.3 Å². The maximum Gasteiger partial charge on any atom is 0.264 e. The summed E-state index contributed by atoms with van der Waals surface area (Å²) in [5.74, 6) is 0. The van der Waals surface area contributed by atoms with Crippen molar-refractivity contribution in [2.24, 2.45) is 0 Å². The molecule has 4 heteroatoms. The Morgan fingerprint density at radius 2 is 1.01 bits per heavy atom. The van der Waals surface area contributed by atoms with Crippen molar-refractivity contribution in [2.45, 2.75) is 136 Å². The first kappa shape index (κ1) is 44.4. The van der Waals surface area contributed by atoms with Crippen LogP contribution >= 0.6 is 11.3 Å². The zero-order valence-electron chi connectivity index (χ0n) is 43.0. The third-order valence-corrected chi connectivity index (χ3v) is 18.4. The smallest absolute Gasteiger partial charge is 0.264 e. The number of hydrogen-bond donors (Lipinski definition) is 0. The predicted octanol–water partition coefficient (Wildman–Crippen LogP) is 16.6. The number of rotatable bonds is 4. The van der Waals surface area contributed by atoms with Gasteiger partial charge < -0.3 is 9.80 Å². The average molecular weight is 919 g/mol. The number of fused-ring (bicyclic) bond motifs is 8. The van der Waals surface area contributed by atoms with Crippen molar-refractivity contribution in [1.82, 2.24) is 0 Å². The molecule has 0 fully saturated rings. The molecule has 3 heterocycles. The van der Waals surface area contributed by atoms with E-state index < -0.39 is 0 Å². The molecule has 7 aromatic carbocycles. The molecule has 0 unspecified atom stereocenters. The molecule has 346 valence electrons. The van der Waals surface area contributed by atoms with Crippen molar-refractivity contribution in [2.75, 3.05) is 9.80 Å². The van der Waals surface area contributed by atoms with E-state index in [-0.39, 0.29) is 33.8 Å². The van der Waals surface area contributed by atoms with Crippen LogP contribution < -0.4 is 25.5 Å². The number of aryl methyl sites for hydroxylation is 1. The number of hydrogen-bond acceptors (Lipinski definition) is 3. The first-order chi connectivity index (χ1) is 32.7. The van der Waals surface area contributed by atoms with E-state index in [1.54, 1.807) is 0 Å². The van der Waals surface area contributed by atoms with Gasteiger partial charge in [0.15, 0.2) is 0 Å². The highest BCUT2D eigenvalue weighted by Crippen LogP contribution is 2.54. The molecule has 0 bridgehead atoms. The molecular weight excluding hydrogens is 852 g/mol. The van der Waals surface area contributed by atoms with Crippen molar-refractivity contribution in [3.8, 4) is 22.3 Å². The van der Waals surface area contributed by atoms with Crippen LogP contribution in [0.1, 0.15) is 135 Å². The molecule has 2 aliphatic carbocycles. The second-order valence-electron chi connectivity index (χ2n) is 24.8. The normalized spacial score (nSPS) is 18.0. The Bertz CT molecular complexity index is 3340. The van der Waals surface area contributed by atoms with E-state index in [0.29, 0.717) is 0 Å². The molecule has 4 aliphatic rings. The molecular formula is C65H67BN2S. The zero-order valence-corrected chi connectivity index (χ0v) is 43.8. The Balaban J connectivity index is 1.21. The standard InChI is InChI=1S/C65H67BN2S/c1-40-31-55-58-56(32-40)68(47-34-43(41-19-15-13-16-20-41)33-44(35-47)42-21-17-14-18-22-42)59-48-36-45(61(2,3)4)23-26-57(48)69-60(59)66(58)53-38-51-52(65(11,12)30-29-64(51,9)10)39-54(53)67(55)46-24-25-49-50(37-46)63(7,8)28-27-62(49,5)6/h13-26,31-39H,27-30H2,1-12H3. The van der Waals surface area contributed by atoms with E-state index >= 15 is 0 Å². The summed E-state index contributed by atoms with van der Waals surface area (Å²) in [5.41, 5.74) is 24.4. The van der Waals surface area contributed by atoms with Crippen molar-refractivity contribution in [3.63, 3.8) is 0 Å². The van der Waals surface area contributed by atoms with Crippen LogP contribution in [-0.4, -0.2) is 6.71 Å². The molecule has 0 atom stereocenters. The number of anilines is 6. The van der Waals surface area contributed by atoms with E-state index in [9.17, 15) is 0 Å². The molecule has 0 amide bonds. The summed E-state index contributed by atoms with van der Waals surface area (Å²) in [7, 11) is 0. The first-order valence-corrected chi connectivity index (χ1v) is 26.4. The highest BCUT2D eigenvalue weighted by molar-refractivity contribution is 7.33. The largest absolute Gasteiger partial charge is 0.311 e. The van der Waals surface area contributed by atoms with Crippen LogP contribution in [0.3, 0.4) is 0 Å². The van der Waals surface area contributed by atoms with E-state index in [1.807, 2.05) is 11.3 Å². The molecule has 0 N–H and O–H groups in total. The van der Waals surface area contributed by atoms with E-state index in [1.165, 1.54) is 141 Å². The van der Waals surface area contributed by atoms with E-state index in [2.05, 4.69) is 232 Å². The van der Waals surface area contributed by atoms with Crippen molar-refractivity contribution in [3.05, 3.63) is 173 Å². The van der Waals surface area contributed by atoms with E-state index in [4.69, 9.17) is 0 Å². The van der Waals surface area contributed by atoms with Gasteiger partial charge in [0.05, 0.1) is 5.69 Å². The lowest BCUT2D eigenvalue weighted by molar-refractivity contribution is 0.332. The third-order valence-electron chi connectivity index (χ3n) is 17.1. The lowest BCUT2D eigenvalue weighted by Crippen LogP contribution is -2.61. The summed E-state index contributed by atoms with van der Waals surface area (Å²) in [4.78, 5) is 5.40. The summed E-state index contributed by atoms with van der Waals surface area (Å²) in [6.07, 6.45) is 4.73. The topological polar surface area (TPSA) is 6.48 Å². The lowest BCUT2D eigenvalue weighted by atomic mass is 9.35. The van der Waals surface area contributed by atoms with Gasteiger partial charge in [-0.1, -0.05) is 155 Å². The van der Waals surface area contributed by atoms with Gasteiger partial charge >= 0.3 is 0 Å². The maximum absolute atomic E-state index is 2.71.